The average molecular weight is 325 g/mol. The number of aromatic amines is 1. The molecule has 2 N–H and O–H groups in total. The molecule has 4 rings (SSSR count). The Bertz CT molecular complexity index is 959. The van der Waals surface area contributed by atoms with Gasteiger partial charge in [-0.3, -0.25) is 14.0 Å². The lowest BCUT2D eigenvalue weighted by Crippen LogP contribution is -2.20. The van der Waals surface area contributed by atoms with E-state index in [2.05, 4.69) is 15.4 Å². The highest BCUT2D eigenvalue weighted by atomic mass is 16.2. The van der Waals surface area contributed by atoms with Gasteiger partial charge in [-0.2, -0.15) is 5.10 Å². The zero-order valence-corrected chi connectivity index (χ0v) is 13.5. The molecule has 1 fully saturated rings. The van der Waals surface area contributed by atoms with Gasteiger partial charge in [0.05, 0.1) is 22.9 Å². The maximum absolute atomic E-state index is 12.4. The highest BCUT2D eigenvalue weighted by molar-refractivity contribution is 6.05. The molecule has 7 heteroatoms. The Morgan fingerprint density at radius 3 is 2.83 bits per heavy atom. The van der Waals surface area contributed by atoms with E-state index in [1.807, 2.05) is 10.6 Å². The standard InChI is InChI=1S/C17H19N5O2/c1-21-10-12(9-18-21)19-16(23)11-6-7-15-14(8-11)20-17(24)22(15)13-4-2-3-5-13/h6-10,13H,2-5H2,1H3,(H,19,23)(H,20,24). The van der Waals surface area contributed by atoms with Gasteiger partial charge in [-0.05, 0) is 31.0 Å². The van der Waals surface area contributed by atoms with Crippen molar-refractivity contribution < 1.29 is 4.79 Å². The van der Waals surface area contributed by atoms with Gasteiger partial charge in [-0.1, -0.05) is 12.8 Å². The summed E-state index contributed by atoms with van der Waals surface area (Å²) in [6.45, 7) is 0. The number of nitrogens with zero attached hydrogens (tertiary/aromatic N) is 3. The zero-order chi connectivity index (χ0) is 16.7. The molecule has 2 aromatic heterocycles. The molecule has 0 spiro atoms. The Morgan fingerprint density at radius 2 is 2.12 bits per heavy atom. The number of H-pyrrole nitrogens is 1. The van der Waals surface area contributed by atoms with E-state index < -0.39 is 0 Å². The van der Waals surface area contributed by atoms with Crippen molar-refractivity contribution in [2.24, 2.45) is 7.05 Å². The maximum Gasteiger partial charge on any atom is 0.326 e. The van der Waals surface area contributed by atoms with Crippen molar-refractivity contribution in [2.75, 3.05) is 5.32 Å². The van der Waals surface area contributed by atoms with Crippen LogP contribution in [0.3, 0.4) is 0 Å². The summed E-state index contributed by atoms with van der Waals surface area (Å²) in [5, 5.41) is 6.82. The largest absolute Gasteiger partial charge is 0.326 e. The molecule has 3 aromatic rings. The molecule has 1 amide bonds. The monoisotopic (exact) mass is 325 g/mol. The normalized spacial score (nSPS) is 15.2. The molecule has 1 aromatic carbocycles. The number of fused-ring (bicyclic) bond motifs is 1. The van der Waals surface area contributed by atoms with E-state index in [1.165, 1.54) is 0 Å². The number of carbonyl (C=O) groups excluding carboxylic acids is 1. The van der Waals surface area contributed by atoms with Gasteiger partial charge in [0.25, 0.3) is 5.91 Å². The van der Waals surface area contributed by atoms with Gasteiger partial charge < -0.3 is 10.3 Å². The fraction of sp³-hybridized carbons (Fsp3) is 0.353. The van der Waals surface area contributed by atoms with Crippen LogP contribution in [0.25, 0.3) is 11.0 Å². The van der Waals surface area contributed by atoms with Crippen molar-refractivity contribution in [2.45, 2.75) is 31.7 Å². The summed E-state index contributed by atoms with van der Waals surface area (Å²) in [6, 6.07) is 5.60. The number of hydrogen-bond donors (Lipinski definition) is 2. The van der Waals surface area contributed by atoms with E-state index in [9.17, 15) is 9.59 Å². The Labute approximate surface area is 138 Å². The van der Waals surface area contributed by atoms with Gasteiger partial charge in [0.2, 0.25) is 0 Å². The Balaban J connectivity index is 1.66. The molecule has 24 heavy (non-hydrogen) atoms. The predicted octanol–water partition coefficient (Wildman–Crippen LogP) is 2.43. The lowest BCUT2D eigenvalue weighted by Gasteiger charge is -2.11. The van der Waals surface area contributed by atoms with Gasteiger partial charge >= 0.3 is 5.69 Å². The topological polar surface area (TPSA) is 84.7 Å². The number of benzene rings is 1. The zero-order valence-electron chi connectivity index (χ0n) is 13.5. The second kappa shape index (κ2) is 5.67. The fourth-order valence-electron chi connectivity index (χ4n) is 3.49. The summed E-state index contributed by atoms with van der Waals surface area (Å²) in [4.78, 5) is 27.5. The van der Waals surface area contributed by atoms with Crippen LogP contribution in [0, 0.1) is 0 Å². The maximum atomic E-state index is 12.4. The number of nitrogens with one attached hydrogen (secondary N) is 2. The molecule has 0 aliphatic heterocycles. The first-order valence-electron chi connectivity index (χ1n) is 8.16. The molecule has 7 nitrogen and oxygen atoms in total. The van der Waals surface area contributed by atoms with Gasteiger partial charge in [-0.15, -0.1) is 0 Å². The van der Waals surface area contributed by atoms with E-state index >= 15 is 0 Å². The molecule has 0 radical (unpaired) electrons. The Morgan fingerprint density at radius 1 is 1.33 bits per heavy atom. The molecular weight excluding hydrogens is 306 g/mol. The number of carbonyl (C=O) groups is 1. The summed E-state index contributed by atoms with van der Waals surface area (Å²) < 4.78 is 3.46. The van der Waals surface area contributed by atoms with Crippen LogP contribution in [-0.2, 0) is 7.05 Å². The van der Waals surface area contributed by atoms with Crippen LogP contribution in [0.5, 0.6) is 0 Å². The quantitative estimate of drug-likeness (QED) is 0.775. The van der Waals surface area contributed by atoms with Gasteiger partial charge in [-0.25, -0.2) is 4.79 Å². The van der Waals surface area contributed by atoms with Gasteiger partial charge in [0.15, 0.2) is 0 Å². The van der Waals surface area contributed by atoms with Gasteiger partial charge in [0.1, 0.15) is 0 Å². The number of imidazole rings is 1. The third-order valence-electron chi connectivity index (χ3n) is 4.63. The van der Waals surface area contributed by atoms with E-state index in [0.29, 0.717) is 16.8 Å². The summed E-state index contributed by atoms with van der Waals surface area (Å²) in [7, 11) is 1.79. The molecular formula is C17H19N5O2. The summed E-state index contributed by atoms with van der Waals surface area (Å²) in [6.07, 6.45) is 7.72. The highest BCUT2D eigenvalue weighted by Gasteiger charge is 2.21. The van der Waals surface area contributed by atoms with Crippen molar-refractivity contribution >= 4 is 22.6 Å². The van der Waals surface area contributed by atoms with Crippen molar-refractivity contribution in [3.63, 3.8) is 0 Å². The average Bonchev–Trinajstić information content (AvgIpc) is 3.26. The van der Waals surface area contributed by atoms with E-state index in [-0.39, 0.29) is 17.6 Å². The van der Waals surface area contributed by atoms with Crippen LogP contribution in [0.4, 0.5) is 5.69 Å². The second-order valence-electron chi connectivity index (χ2n) is 6.33. The van der Waals surface area contributed by atoms with Crippen molar-refractivity contribution in [1.82, 2.24) is 19.3 Å². The number of anilines is 1. The minimum atomic E-state index is -0.223. The summed E-state index contributed by atoms with van der Waals surface area (Å²) in [5.41, 5.74) is 2.61. The fourth-order valence-corrected chi connectivity index (χ4v) is 3.49. The molecule has 2 heterocycles. The van der Waals surface area contributed by atoms with Crippen LogP contribution < -0.4 is 11.0 Å². The van der Waals surface area contributed by atoms with Crippen LogP contribution in [0.2, 0.25) is 0 Å². The molecule has 0 bridgehead atoms. The predicted molar refractivity (Wildman–Crippen MR) is 91.2 cm³/mol. The number of aryl methyl sites for hydroxylation is 1. The Hall–Kier alpha value is -2.83. The first-order chi connectivity index (χ1) is 11.6. The smallest absolute Gasteiger partial charge is 0.319 e. The number of rotatable bonds is 3. The van der Waals surface area contributed by atoms with Crippen LogP contribution >= 0.6 is 0 Å². The molecule has 0 saturated heterocycles. The summed E-state index contributed by atoms with van der Waals surface area (Å²) >= 11 is 0. The first-order valence-corrected chi connectivity index (χ1v) is 8.16. The number of hydrogen-bond acceptors (Lipinski definition) is 3. The van der Waals surface area contributed by atoms with Crippen LogP contribution in [-0.4, -0.2) is 25.2 Å². The lowest BCUT2D eigenvalue weighted by atomic mass is 10.1. The second-order valence-corrected chi connectivity index (χ2v) is 6.33. The molecule has 0 unspecified atom stereocenters. The third-order valence-corrected chi connectivity index (χ3v) is 4.63. The molecule has 0 atom stereocenters. The van der Waals surface area contributed by atoms with E-state index in [0.717, 1.165) is 31.2 Å². The number of aromatic nitrogens is 4. The minimum absolute atomic E-state index is 0.0956. The van der Waals surface area contributed by atoms with Crippen molar-refractivity contribution in [3.8, 4) is 0 Å². The van der Waals surface area contributed by atoms with Crippen LogP contribution in [0.15, 0.2) is 35.4 Å². The minimum Gasteiger partial charge on any atom is -0.319 e. The molecule has 124 valence electrons. The van der Waals surface area contributed by atoms with Crippen LogP contribution in [0.1, 0.15) is 42.1 Å². The van der Waals surface area contributed by atoms with E-state index in [1.54, 1.807) is 36.3 Å². The number of amides is 1. The highest BCUT2D eigenvalue weighted by Crippen LogP contribution is 2.30. The third kappa shape index (κ3) is 2.51. The lowest BCUT2D eigenvalue weighted by molar-refractivity contribution is 0.102. The van der Waals surface area contributed by atoms with Crippen molar-refractivity contribution in [1.29, 1.82) is 0 Å². The molecule has 1 saturated carbocycles. The SMILES string of the molecule is Cn1cc(NC(=O)c2ccc3c(c2)[nH]c(=O)n3C2CCCC2)cn1. The molecule has 1 aliphatic carbocycles. The Kier molecular flexibility index (Phi) is 3.48. The molecule has 1 aliphatic rings. The van der Waals surface area contributed by atoms with E-state index in [4.69, 9.17) is 0 Å². The first kappa shape index (κ1) is 14.7. The van der Waals surface area contributed by atoms with Crippen molar-refractivity contribution in [3.05, 3.63) is 46.6 Å². The van der Waals surface area contributed by atoms with Gasteiger partial charge in [0, 0.05) is 24.8 Å². The summed E-state index contributed by atoms with van der Waals surface area (Å²) in [5.74, 6) is -0.223.